The van der Waals surface area contributed by atoms with Gasteiger partial charge in [-0.05, 0) is 24.6 Å². The monoisotopic (exact) mass is 280 g/mol. The number of aromatic amines is 1. The lowest BCUT2D eigenvalue weighted by Crippen LogP contribution is -2.04. The van der Waals surface area contributed by atoms with E-state index in [4.69, 9.17) is 4.74 Å². The highest BCUT2D eigenvalue weighted by Gasteiger charge is 2.10. The maximum Gasteiger partial charge on any atom is 0.356 e. The summed E-state index contributed by atoms with van der Waals surface area (Å²) in [4.78, 5) is 18.4. The second-order valence-corrected chi connectivity index (χ2v) is 4.70. The molecule has 6 heteroatoms. The van der Waals surface area contributed by atoms with E-state index in [-0.39, 0.29) is 5.82 Å². The lowest BCUT2D eigenvalue weighted by molar-refractivity contribution is 0.0519. The van der Waals surface area contributed by atoms with Crippen LogP contribution in [-0.2, 0) is 10.5 Å². The molecule has 0 amide bonds. The van der Waals surface area contributed by atoms with Crippen LogP contribution in [0.2, 0.25) is 0 Å². The summed E-state index contributed by atoms with van der Waals surface area (Å²) in [6.45, 7) is 2.08. The number of rotatable bonds is 5. The quantitative estimate of drug-likeness (QED) is 0.675. The smallest absolute Gasteiger partial charge is 0.356 e. The fourth-order valence-electron chi connectivity index (χ4n) is 1.42. The van der Waals surface area contributed by atoms with Crippen LogP contribution in [0.4, 0.5) is 4.39 Å². The second-order valence-electron chi connectivity index (χ2n) is 3.74. The summed E-state index contributed by atoms with van der Waals surface area (Å²) in [5.74, 6) is -0.0178. The van der Waals surface area contributed by atoms with Crippen LogP contribution >= 0.6 is 11.8 Å². The molecule has 1 heterocycles. The molecule has 0 aliphatic heterocycles. The fourth-order valence-corrected chi connectivity index (χ4v) is 2.23. The van der Waals surface area contributed by atoms with Gasteiger partial charge >= 0.3 is 5.97 Å². The van der Waals surface area contributed by atoms with E-state index in [1.807, 2.05) is 0 Å². The van der Waals surface area contributed by atoms with Crippen molar-refractivity contribution in [2.75, 3.05) is 6.61 Å². The summed E-state index contributed by atoms with van der Waals surface area (Å²) < 4.78 is 17.6. The summed E-state index contributed by atoms with van der Waals surface area (Å²) in [6, 6.07) is 6.28. The Labute approximate surface area is 114 Å². The number of H-pyrrole nitrogens is 1. The molecule has 1 aromatic heterocycles. The number of ether oxygens (including phenoxy) is 1. The van der Waals surface area contributed by atoms with Crippen molar-refractivity contribution >= 4 is 17.7 Å². The molecule has 0 unspecified atom stereocenters. The Morgan fingerprint density at radius 2 is 2.16 bits per heavy atom. The first-order valence-corrected chi connectivity index (χ1v) is 6.77. The first-order valence-electron chi connectivity index (χ1n) is 5.78. The number of nitrogens with one attached hydrogen (secondary N) is 1. The molecule has 0 fully saturated rings. The molecule has 19 heavy (non-hydrogen) atoms. The number of halogens is 1. The molecule has 0 atom stereocenters. The van der Waals surface area contributed by atoms with Gasteiger partial charge in [-0.3, -0.25) is 0 Å². The van der Waals surface area contributed by atoms with Gasteiger partial charge in [0, 0.05) is 5.75 Å². The predicted molar refractivity (Wildman–Crippen MR) is 70.5 cm³/mol. The molecular formula is C13H13FN2O2S. The Bertz CT molecular complexity index is 554. The molecule has 0 bridgehead atoms. The molecule has 4 nitrogen and oxygen atoms in total. The van der Waals surface area contributed by atoms with Crippen molar-refractivity contribution in [3.63, 3.8) is 0 Å². The summed E-state index contributed by atoms with van der Waals surface area (Å²) in [7, 11) is 0. The number of nitrogens with zero attached hydrogens (tertiary/aromatic N) is 1. The van der Waals surface area contributed by atoms with Crippen LogP contribution in [0.25, 0.3) is 0 Å². The zero-order valence-corrected chi connectivity index (χ0v) is 11.2. The van der Waals surface area contributed by atoms with Crippen molar-refractivity contribution in [1.29, 1.82) is 0 Å². The number of hydrogen-bond donors (Lipinski definition) is 1. The molecule has 1 N–H and O–H groups in total. The third-order valence-corrected chi connectivity index (χ3v) is 3.30. The maximum absolute atomic E-state index is 12.7. The summed E-state index contributed by atoms with van der Waals surface area (Å²) in [6.07, 6.45) is 1.45. The topological polar surface area (TPSA) is 55.0 Å². The Hall–Kier alpha value is -1.82. The van der Waals surface area contributed by atoms with E-state index in [1.54, 1.807) is 19.1 Å². The minimum Gasteiger partial charge on any atom is -0.461 e. The van der Waals surface area contributed by atoms with Gasteiger partial charge in [0.05, 0.1) is 12.8 Å². The molecule has 2 rings (SSSR count). The molecule has 0 saturated heterocycles. The zero-order valence-electron chi connectivity index (χ0n) is 10.4. The standard InChI is InChI=1S/C13H13FN2O2S/c1-2-18-12(17)11-7-15-13(16-11)19-8-9-3-5-10(14)6-4-9/h3-7H,2,8H2,1H3,(H,15,16). The zero-order chi connectivity index (χ0) is 13.7. The maximum atomic E-state index is 12.7. The number of hydrogen-bond acceptors (Lipinski definition) is 4. The van der Waals surface area contributed by atoms with Crippen LogP contribution in [0.3, 0.4) is 0 Å². The molecule has 2 aromatic rings. The summed E-state index contributed by atoms with van der Waals surface area (Å²) >= 11 is 1.44. The lowest BCUT2D eigenvalue weighted by atomic mass is 10.2. The molecule has 0 spiro atoms. The molecule has 0 aliphatic carbocycles. The number of benzene rings is 1. The van der Waals surface area contributed by atoms with E-state index in [1.165, 1.54) is 30.1 Å². The first kappa shape index (κ1) is 13.6. The Balaban J connectivity index is 1.93. The number of imidazole rings is 1. The van der Waals surface area contributed by atoms with Crippen LogP contribution in [0.1, 0.15) is 23.0 Å². The average Bonchev–Trinajstić information content (AvgIpc) is 2.87. The normalized spacial score (nSPS) is 10.4. The Morgan fingerprint density at radius 3 is 2.84 bits per heavy atom. The molecule has 0 saturated carbocycles. The highest BCUT2D eigenvalue weighted by molar-refractivity contribution is 7.98. The van der Waals surface area contributed by atoms with Crippen LogP contribution in [-0.4, -0.2) is 22.5 Å². The van der Waals surface area contributed by atoms with Gasteiger partial charge in [-0.2, -0.15) is 0 Å². The molecular weight excluding hydrogens is 267 g/mol. The minimum absolute atomic E-state index is 0.253. The van der Waals surface area contributed by atoms with Crippen molar-refractivity contribution in [3.05, 3.63) is 47.5 Å². The Kier molecular flexibility index (Phi) is 4.57. The summed E-state index contributed by atoms with van der Waals surface area (Å²) in [5, 5.41) is 0.632. The van der Waals surface area contributed by atoms with Crippen LogP contribution in [0.15, 0.2) is 35.6 Å². The van der Waals surface area contributed by atoms with Gasteiger partial charge in [0.2, 0.25) is 0 Å². The van der Waals surface area contributed by atoms with E-state index >= 15 is 0 Å². The van der Waals surface area contributed by atoms with Gasteiger partial charge < -0.3 is 9.72 Å². The van der Waals surface area contributed by atoms with E-state index in [0.717, 1.165) is 5.56 Å². The average molecular weight is 280 g/mol. The third kappa shape index (κ3) is 3.82. The minimum atomic E-state index is -0.413. The highest BCUT2D eigenvalue weighted by Crippen LogP contribution is 2.20. The summed E-state index contributed by atoms with van der Waals surface area (Å²) in [5.41, 5.74) is 1.32. The van der Waals surface area contributed by atoms with Crippen molar-refractivity contribution in [1.82, 2.24) is 9.97 Å². The lowest BCUT2D eigenvalue weighted by Gasteiger charge is -1.99. The van der Waals surface area contributed by atoms with Crippen molar-refractivity contribution in [2.24, 2.45) is 0 Å². The van der Waals surface area contributed by atoms with Crippen LogP contribution in [0.5, 0.6) is 0 Å². The van der Waals surface area contributed by atoms with Gasteiger partial charge in [-0.15, -0.1) is 0 Å². The van der Waals surface area contributed by atoms with Crippen molar-refractivity contribution in [2.45, 2.75) is 17.8 Å². The van der Waals surface area contributed by atoms with E-state index in [9.17, 15) is 9.18 Å². The molecule has 100 valence electrons. The number of carbonyl (C=O) groups excluding carboxylic acids is 1. The second kappa shape index (κ2) is 6.38. The van der Waals surface area contributed by atoms with Crippen LogP contribution < -0.4 is 0 Å². The number of thioether (sulfide) groups is 1. The molecule has 0 aliphatic rings. The van der Waals surface area contributed by atoms with Crippen LogP contribution in [0, 0.1) is 5.82 Å². The van der Waals surface area contributed by atoms with E-state index in [0.29, 0.717) is 23.2 Å². The largest absolute Gasteiger partial charge is 0.461 e. The first-order chi connectivity index (χ1) is 9.19. The molecule has 0 radical (unpaired) electrons. The van der Waals surface area contributed by atoms with Gasteiger partial charge in [-0.25, -0.2) is 14.2 Å². The van der Waals surface area contributed by atoms with Gasteiger partial charge in [0.1, 0.15) is 11.5 Å². The van der Waals surface area contributed by atoms with Gasteiger partial charge in [-0.1, -0.05) is 23.9 Å². The van der Waals surface area contributed by atoms with Crippen molar-refractivity contribution in [3.8, 4) is 0 Å². The van der Waals surface area contributed by atoms with Gasteiger partial charge in [0.15, 0.2) is 5.16 Å². The molecule has 1 aromatic carbocycles. The predicted octanol–water partition coefficient (Wildman–Crippen LogP) is 3.02. The number of aromatic nitrogens is 2. The number of carbonyl (C=O) groups is 1. The third-order valence-electron chi connectivity index (χ3n) is 2.34. The highest BCUT2D eigenvalue weighted by atomic mass is 32.2. The van der Waals surface area contributed by atoms with Crippen molar-refractivity contribution < 1.29 is 13.9 Å². The van der Waals surface area contributed by atoms with Gasteiger partial charge in [0.25, 0.3) is 0 Å². The number of esters is 1. The SMILES string of the molecule is CCOC(=O)c1cnc(SCc2ccc(F)cc2)[nH]1. The van der Waals surface area contributed by atoms with E-state index in [2.05, 4.69) is 9.97 Å². The Morgan fingerprint density at radius 1 is 1.42 bits per heavy atom. The van der Waals surface area contributed by atoms with E-state index < -0.39 is 5.97 Å². The fraction of sp³-hybridized carbons (Fsp3) is 0.231.